The fourth-order valence-corrected chi connectivity index (χ4v) is 3.03. The van der Waals surface area contributed by atoms with Gasteiger partial charge in [-0.05, 0) is 39.7 Å². The van der Waals surface area contributed by atoms with Gasteiger partial charge in [0, 0.05) is 24.7 Å². The number of nitrogens with one attached hydrogen (secondary N) is 1. The first kappa shape index (κ1) is 16.0. The van der Waals surface area contributed by atoms with Gasteiger partial charge in [-0.1, -0.05) is 19.3 Å². The maximum Gasteiger partial charge on any atom is 0.274 e. The molecule has 21 heavy (non-hydrogen) atoms. The van der Waals surface area contributed by atoms with Gasteiger partial charge in [-0.25, -0.2) is 0 Å². The molecule has 118 valence electrons. The molecule has 1 fully saturated rings. The summed E-state index contributed by atoms with van der Waals surface area (Å²) < 4.78 is 0. The molecule has 2 rings (SSSR count). The van der Waals surface area contributed by atoms with E-state index in [0.717, 1.165) is 5.69 Å². The topological polar surface area (TPSA) is 69.2 Å². The van der Waals surface area contributed by atoms with Crippen molar-refractivity contribution >= 4 is 5.91 Å². The second-order valence-corrected chi connectivity index (χ2v) is 6.68. The Balaban J connectivity index is 2.06. The minimum absolute atomic E-state index is 0.113. The number of rotatable bonds is 5. The standard InChI is InChI=1S/C16H27N3O2/c1-4-19(11-16(2,3)21)15(20)14-10-13(17-18-14)12-8-6-5-7-9-12/h10,12,21H,4-9,11H2,1-3H3,(H,17,18). The van der Waals surface area contributed by atoms with Gasteiger partial charge in [0.15, 0.2) is 0 Å². The van der Waals surface area contributed by atoms with Crippen LogP contribution in [0.3, 0.4) is 0 Å². The van der Waals surface area contributed by atoms with Crippen molar-refractivity contribution in [1.82, 2.24) is 15.1 Å². The summed E-state index contributed by atoms with van der Waals surface area (Å²) in [7, 11) is 0. The largest absolute Gasteiger partial charge is 0.389 e. The maximum absolute atomic E-state index is 12.5. The molecular formula is C16H27N3O2. The van der Waals surface area contributed by atoms with Gasteiger partial charge in [0.25, 0.3) is 5.91 Å². The van der Waals surface area contributed by atoms with E-state index in [-0.39, 0.29) is 5.91 Å². The second-order valence-electron chi connectivity index (χ2n) is 6.68. The van der Waals surface area contributed by atoms with Crippen LogP contribution in [0.4, 0.5) is 0 Å². The summed E-state index contributed by atoms with van der Waals surface area (Å²) >= 11 is 0. The number of aromatic amines is 1. The highest BCUT2D eigenvalue weighted by Gasteiger charge is 2.25. The first-order chi connectivity index (χ1) is 9.90. The lowest BCUT2D eigenvalue weighted by molar-refractivity contribution is 0.0311. The van der Waals surface area contributed by atoms with Crippen molar-refractivity contribution in [3.05, 3.63) is 17.5 Å². The van der Waals surface area contributed by atoms with E-state index in [1.54, 1.807) is 18.7 Å². The second kappa shape index (κ2) is 6.60. The van der Waals surface area contributed by atoms with Crippen molar-refractivity contribution in [3.63, 3.8) is 0 Å². The van der Waals surface area contributed by atoms with E-state index in [4.69, 9.17) is 0 Å². The highest BCUT2D eigenvalue weighted by atomic mass is 16.3. The fourth-order valence-electron chi connectivity index (χ4n) is 3.03. The van der Waals surface area contributed by atoms with Crippen LogP contribution in [0.5, 0.6) is 0 Å². The molecule has 1 heterocycles. The van der Waals surface area contributed by atoms with Crippen molar-refractivity contribution in [2.75, 3.05) is 13.1 Å². The molecule has 0 spiro atoms. The van der Waals surface area contributed by atoms with Crippen LogP contribution in [0.25, 0.3) is 0 Å². The van der Waals surface area contributed by atoms with Crippen LogP contribution >= 0.6 is 0 Å². The van der Waals surface area contributed by atoms with Crippen LogP contribution in [0.15, 0.2) is 6.07 Å². The maximum atomic E-state index is 12.5. The lowest BCUT2D eigenvalue weighted by Crippen LogP contribution is -2.42. The smallest absolute Gasteiger partial charge is 0.274 e. The van der Waals surface area contributed by atoms with E-state index < -0.39 is 5.60 Å². The van der Waals surface area contributed by atoms with Crippen molar-refractivity contribution in [1.29, 1.82) is 0 Å². The normalized spacial score (nSPS) is 17.0. The molecule has 0 radical (unpaired) electrons. The average Bonchev–Trinajstić information content (AvgIpc) is 2.94. The van der Waals surface area contributed by atoms with Crippen LogP contribution in [-0.2, 0) is 0 Å². The number of aliphatic hydroxyl groups is 1. The molecule has 1 aliphatic carbocycles. The molecule has 0 bridgehead atoms. The molecule has 5 nitrogen and oxygen atoms in total. The number of carbonyl (C=O) groups is 1. The van der Waals surface area contributed by atoms with Crippen molar-refractivity contribution in [2.24, 2.45) is 0 Å². The molecule has 1 amide bonds. The van der Waals surface area contributed by atoms with E-state index in [0.29, 0.717) is 24.7 Å². The zero-order chi connectivity index (χ0) is 15.5. The fraction of sp³-hybridized carbons (Fsp3) is 0.750. The van der Waals surface area contributed by atoms with E-state index in [1.807, 2.05) is 13.0 Å². The molecule has 0 saturated heterocycles. The summed E-state index contributed by atoms with van der Waals surface area (Å²) in [6.45, 7) is 6.21. The monoisotopic (exact) mass is 293 g/mol. The Morgan fingerprint density at radius 3 is 2.67 bits per heavy atom. The Bertz CT molecular complexity index is 470. The summed E-state index contributed by atoms with van der Waals surface area (Å²) in [5, 5.41) is 17.1. The zero-order valence-corrected chi connectivity index (χ0v) is 13.4. The van der Waals surface area contributed by atoms with Gasteiger partial charge in [0.1, 0.15) is 5.69 Å². The Labute approximate surface area is 126 Å². The number of hydrogen-bond acceptors (Lipinski definition) is 3. The number of carbonyl (C=O) groups excluding carboxylic acids is 1. The number of H-pyrrole nitrogens is 1. The average molecular weight is 293 g/mol. The van der Waals surface area contributed by atoms with E-state index in [1.165, 1.54) is 32.1 Å². The molecule has 0 aromatic carbocycles. The quantitative estimate of drug-likeness (QED) is 0.877. The Morgan fingerprint density at radius 2 is 2.10 bits per heavy atom. The van der Waals surface area contributed by atoms with Gasteiger partial charge in [-0.2, -0.15) is 5.10 Å². The van der Waals surface area contributed by atoms with Crippen LogP contribution in [0.2, 0.25) is 0 Å². The van der Waals surface area contributed by atoms with E-state index >= 15 is 0 Å². The third-order valence-corrected chi connectivity index (χ3v) is 4.11. The number of aromatic nitrogens is 2. The van der Waals surface area contributed by atoms with E-state index in [2.05, 4.69) is 10.2 Å². The minimum atomic E-state index is -0.895. The van der Waals surface area contributed by atoms with Gasteiger partial charge >= 0.3 is 0 Å². The predicted molar refractivity (Wildman–Crippen MR) is 82.3 cm³/mol. The predicted octanol–water partition coefficient (Wildman–Crippen LogP) is 2.69. The van der Waals surface area contributed by atoms with Crippen molar-refractivity contribution in [3.8, 4) is 0 Å². The zero-order valence-electron chi connectivity index (χ0n) is 13.4. The number of likely N-dealkylation sites (N-methyl/N-ethyl adjacent to an activating group) is 1. The number of amides is 1. The summed E-state index contributed by atoms with van der Waals surface area (Å²) in [5.41, 5.74) is 0.646. The third-order valence-electron chi connectivity index (χ3n) is 4.11. The van der Waals surface area contributed by atoms with Crippen LogP contribution in [-0.4, -0.2) is 44.8 Å². The summed E-state index contributed by atoms with van der Waals surface area (Å²) in [6, 6.07) is 1.89. The van der Waals surface area contributed by atoms with Crippen LogP contribution < -0.4 is 0 Å². The minimum Gasteiger partial charge on any atom is -0.389 e. The molecule has 1 aromatic rings. The van der Waals surface area contributed by atoms with Gasteiger partial charge < -0.3 is 10.0 Å². The Kier molecular flexibility index (Phi) is 5.04. The van der Waals surface area contributed by atoms with Crippen LogP contribution in [0.1, 0.15) is 75.0 Å². The van der Waals surface area contributed by atoms with Crippen molar-refractivity contribution in [2.45, 2.75) is 64.4 Å². The Morgan fingerprint density at radius 1 is 1.43 bits per heavy atom. The number of hydrogen-bond donors (Lipinski definition) is 2. The van der Waals surface area contributed by atoms with Crippen LogP contribution in [0, 0.1) is 0 Å². The Hall–Kier alpha value is -1.36. The summed E-state index contributed by atoms with van der Waals surface area (Å²) in [6.07, 6.45) is 6.18. The molecule has 2 N–H and O–H groups in total. The highest BCUT2D eigenvalue weighted by Crippen LogP contribution is 2.31. The van der Waals surface area contributed by atoms with Gasteiger partial charge in [-0.3, -0.25) is 9.89 Å². The lowest BCUT2D eigenvalue weighted by Gasteiger charge is -2.27. The first-order valence-electron chi connectivity index (χ1n) is 7.97. The SMILES string of the molecule is CCN(CC(C)(C)O)C(=O)c1cc(C2CCCCC2)[nH]n1. The molecule has 1 saturated carbocycles. The van der Waals surface area contributed by atoms with E-state index in [9.17, 15) is 9.90 Å². The molecule has 0 aliphatic heterocycles. The summed E-state index contributed by atoms with van der Waals surface area (Å²) in [5.74, 6) is 0.398. The van der Waals surface area contributed by atoms with Gasteiger partial charge in [0.2, 0.25) is 0 Å². The van der Waals surface area contributed by atoms with Crippen molar-refractivity contribution < 1.29 is 9.90 Å². The lowest BCUT2D eigenvalue weighted by atomic mass is 9.87. The first-order valence-corrected chi connectivity index (χ1v) is 7.97. The molecule has 1 aromatic heterocycles. The molecule has 1 aliphatic rings. The van der Waals surface area contributed by atoms with Gasteiger partial charge in [-0.15, -0.1) is 0 Å². The number of nitrogens with zero attached hydrogens (tertiary/aromatic N) is 2. The van der Waals surface area contributed by atoms with Gasteiger partial charge in [0.05, 0.1) is 5.60 Å². The molecule has 5 heteroatoms. The third kappa shape index (κ3) is 4.30. The molecule has 0 atom stereocenters. The highest BCUT2D eigenvalue weighted by molar-refractivity contribution is 5.92. The molecular weight excluding hydrogens is 266 g/mol. The molecule has 0 unspecified atom stereocenters. The summed E-state index contributed by atoms with van der Waals surface area (Å²) in [4.78, 5) is 14.1.